The fraction of sp³-hybridized carbons (Fsp3) is 0.391. The molecule has 0 heterocycles. The highest BCUT2D eigenvalue weighted by Gasteiger charge is 2.12. The number of hydrogen-bond acceptors (Lipinski definition) is 2. The summed E-state index contributed by atoms with van der Waals surface area (Å²) in [4.78, 5) is 18.2. The molecular weight excluding hydrogens is 386 g/mol. The van der Waals surface area contributed by atoms with E-state index < -0.39 is 11.6 Å². The molecule has 0 bridgehead atoms. The van der Waals surface area contributed by atoms with Crippen molar-refractivity contribution in [3.8, 4) is 0 Å². The minimum atomic E-state index is -0.585. The molecule has 0 aliphatic heterocycles. The number of benzene rings is 2. The molecule has 0 saturated carbocycles. The van der Waals surface area contributed by atoms with E-state index in [2.05, 4.69) is 15.6 Å². The summed E-state index contributed by atoms with van der Waals surface area (Å²) in [6.07, 6.45) is 0.723. The van der Waals surface area contributed by atoms with Crippen molar-refractivity contribution in [1.82, 2.24) is 15.5 Å². The summed E-state index contributed by atoms with van der Waals surface area (Å²) in [5.41, 5.74) is 2.15. The maximum Gasteiger partial charge on any atom is 0.253 e. The molecule has 1 amide bonds. The second-order valence-corrected chi connectivity index (χ2v) is 7.36. The average Bonchev–Trinajstić information content (AvgIpc) is 2.71. The summed E-state index contributed by atoms with van der Waals surface area (Å²) in [5.74, 6) is -0.718. The molecular formula is C23H30F2N4O. The molecule has 162 valence electrons. The Balaban J connectivity index is 1.95. The Kier molecular flexibility index (Phi) is 8.77. The zero-order valence-electron chi connectivity index (χ0n) is 18.0. The molecule has 0 radical (unpaired) electrons. The normalized spacial score (nSPS) is 12.4. The lowest BCUT2D eigenvalue weighted by molar-refractivity contribution is 0.0827. The number of halogens is 2. The summed E-state index contributed by atoms with van der Waals surface area (Å²) in [6, 6.07) is 11.2. The molecule has 7 heteroatoms. The van der Waals surface area contributed by atoms with Crippen molar-refractivity contribution in [1.29, 1.82) is 0 Å². The van der Waals surface area contributed by atoms with E-state index in [9.17, 15) is 13.6 Å². The van der Waals surface area contributed by atoms with Gasteiger partial charge in [0.05, 0.1) is 0 Å². The zero-order valence-corrected chi connectivity index (χ0v) is 18.0. The van der Waals surface area contributed by atoms with Crippen molar-refractivity contribution in [2.24, 2.45) is 4.99 Å². The van der Waals surface area contributed by atoms with Crippen LogP contribution in [0.25, 0.3) is 0 Å². The number of hydrogen-bond donors (Lipinski definition) is 2. The lowest BCUT2D eigenvalue weighted by atomic mass is 10.0. The van der Waals surface area contributed by atoms with Gasteiger partial charge in [0.15, 0.2) is 5.96 Å². The number of guanidine groups is 1. The summed E-state index contributed by atoms with van der Waals surface area (Å²) in [6.45, 7) is 5.51. The minimum absolute atomic E-state index is 0.0262. The van der Waals surface area contributed by atoms with Crippen molar-refractivity contribution < 1.29 is 13.6 Å². The first-order chi connectivity index (χ1) is 14.3. The van der Waals surface area contributed by atoms with Gasteiger partial charge in [-0.25, -0.2) is 8.78 Å². The summed E-state index contributed by atoms with van der Waals surface area (Å²) in [5, 5.41) is 6.43. The van der Waals surface area contributed by atoms with Gasteiger partial charge in [0, 0.05) is 51.3 Å². The van der Waals surface area contributed by atoms with Gasteiger partial charge in [0.1, 0.15) is 11.6 Å². The smallest absolute Gasteiger partial charge is 0.253 e. The van der Waals surface area contributed by atoms with Crippen LogP contribution in [0, 0.1) is 11.6 Å². The molecule has 2 rings (SSSR count). The van der Waals surface area contributed by atoms with E-state index in [1.54, 1.807) is 25.1 Å². The van der Waals surface area contributed by atoms with E-state index in [4.69, 9.17) is 0 Å². The first kappa shape index (κ1) is 23.3. The number of nitrogens with zero attached hydrogens (tertiary/aromatic N) is 2. The van der Waals surface area contributed by atoms with Gasteiger partial charge in [-0.1, -0.05) is 25.1 Å². The fourth-order valence-electron chi connectivity index (χ4n) is 3.01. The van der Waals surface area contributed by atoms with Crippen LogP contribution in [0.2, 0.25) is 0 Å². The van der Waals surface area contributed by atoms with Crippen LogP contribution in [0.4, 0.5) is 8.78 Å². The molecule has 0 spiro atoms. The third-order valence-corrected chi connectivity index (χ3v) is 4.65. The van der Waals surface area contributed by atoms with Crippen molar-refractivity contribution >= 4 is 11.9 Å². The quantitative estimate of drug-likeness (QED) is 0.511. The van der Waals surface area contributed by atoms with E-state index in [1.807, 2.05) is 32.0 Å². The molecule has 0 saturated heterocycles. The van der Waals surface area contributed by atoms with Crippen molar-refractivity contribution in [3.63, 3.8) is 0 Å². The molecule has 0 aromatic heterocycles. The van der Waals surface area contributed by atoms with Crippen LogP contribution in [0.5, 0.6) is 0 Å². The van der Waals surface area contributed by atoms with Gasteiger partial charge >= 0.3 is 0 Å². The van der Waals surface area contributed by atoms with E-state index >= 15 is 0 Å². The predicted molar refractivity (Wildman–Crippen MR) is 117 cm³/mol. The summed E-state index contributed by atoms with van der Waals surface area (Å²) in [7, 11) is 3.46. The van der Waals surface area contributed by atoms with Crippen LogP contribution >= 0.6 is 0 Å². The average molecular weight is 417 g/mol. The highest BCUT2D eigenvalue weighted by molar-refractivity contribution is 5.94. The molecule has 30 heavy (non-hydrogen) atoms. The summed E-state index contributed by atoms with van der Waals surface area (Å²) < 4.78 is 27.1. The Morgan fingerprint density at radius 3 is 2.57 bits per heavy atom. The van der Waals surface area contributed by atoms with Gasteiger partial charge in [-0.05, 0) is 42.7 Å². The lowest BCUT2D eigenvalue weighted by Crippen LogP contribution is -2.38. The zero-order chi connectivity index (χ0) is 22.1. The number of amides is 1. The van der Waals surface area contributed by atoms with Gasteiger partial charge in [-0.3, -0.25) is 9.79 Å². The van der Waals surface area contributed by atoms with E-state index in [-0.39, 0.29) is 11.8 Å². The van der Waals surface area contributed by atoms with Crippen molar-refractivity contribution in [2.75, 3.05) is 33.7 Å². The largest absolute Gasteiger partial charge is 0.357 e. The summed E-state index contributed by atoms with van der Waals surface area (Å²) >= 11 is 0. The van der Waals surface area contributed by atoms with Crippen LogP contribution in [0.3, 0.4) is 0 Å². The number of aliphatic imine (C=N–C) groups is 1. The molecule has 0 fully saturated rings. The standard InChI is InChI=1S/C23H30F2N4O/c1-5-26-23(28-15-16(2)20-10-9-19(24)14-21(20)25)27-12-11-17-7-6-8-18(13-17)22(30)29(3)4/h6-10,13-14,16H,5,11-12,15H2,1-4H3,(H2,26,27,28). The predicted octanol–water partition coefficient (Wildman–Crippen LogP) is 3.57. The second-order valence-electron chi connectivity index (χ2n) is 7.36. The number of rotatable bonds is 8. The van der Waals surface area contributed by atoms with Crippen molar-refractivity contribution in [3.05, 3.63) is 70.8 Å². The van der Waals surface area contributed by atoms with Crippen LogP contribution in [-0.4, -0.2) is 50.5 Å². The number of carbonyl (C=O) groups is 1. The molecule has 2 aromatic rings. The van der Waals surface area contributed by atoms with Crippen LogP contribution in [0.15, 0.2) is 47.5 Å². The lowest BCUT2D eigenvalue weighted by Gasteiger charge is -2.15. The van der Waals surface area contributed by atoms with Gasteiger partial charge < -0.3 is 15.5 Å². The van der Waals surface area contributed by atoms with Gasteiger partial charge in [-0.2, -0.15) is 0 Å². The molecule has 1 atom stereocenters. The van der Waals surface area contributed by atoms with Crippen molar-refractivity contribution in [2.45, 2.75) is 26.2 Å². The Bertz CT molecular complexity index is 883. The third-order valence-electron chi connectivity index (χ3n) is 4.65. The Labute approximate surface area is 177 Å². The van der Waals surface area contributed by atoms with E-state index in [0.717, 1.165) is 18.1 Å². The Morgan fingerprint density at radius 2 is 1.90 bits per heavy atom. The first-order valence-electron chi connectivity index (χ1n) is 10.1. The van der Waals surface area contributed by atoms with Crippen LogP contribution < -0.4 is 10.6 Å². The highest BCUT2D eigenvalue weighted by Crippen LogP contribution is 2.20. The molecule has 0 aliphatic rings. The van der Waals surface area contributed by atoms with Crippen LogP contribution in [0.1, 0.15) is 41.3 Å². The fourth-order valence-corrected chi connectivity index (χ4v) is 3.01. The van der Waals surface area contributed by atoms with Gasteiger partial charge in [-0.15, -0.1) is 0 Å². The second kappa shape index (κ2) is 11.3. The van der Waals surface area contributed by atoms with Gasteiger partial charge in [0.25, 0.3) is 5.91 Å². The van der Waals surface area contributed by atoms with E-state index in [1.165, 1.54) is 12.1 Å². The Morgan fingerprint density at radius 1 is 1.13 bits per heavy atom. The molecule has 1 unspecified atom stereocenters. The van der Waals surface area contributed by atoms with E-state index in [0.29, 0.717) is 36.7 Å². The molecule has 0 aliphatic carbocycles. The third kappa shape index (κ3) is 6.83. The number of nitrogens with one attached hydrogen (secondary N) is 2. The first-order valence-corrected chi connectivity index (χ1v) is 10.1. The van der Waals surface area contributed by atoms with Gasteiger partial charge in [0.2, 0.25) is 0 Å². The maximum atomic E-state index is 14.0. The maximum absolute atomic E-state index is 14.0. The number of carbonyl (C=O) groups excluding carboxylic acids is 1. The molecule has 2 aromatic carbocycles. The Hall–Kier alpha value is -2.96. The van der Waals surface area contributed by atoms with Crippen LogP contribution in [-0.2, 0) is 6.42 Å². The minimum Gasteiger partial charge on any atom is -0.357 e. The monoisotopic (exact) mass is 416 g/mol. The molecule has 2 N–H and O–H groups in total. The highest BCUT2D eigenvalue weighted by atomic mass is 19.1. The molecule has 5 nitrogen and oxygen atoms in total. The topological polar surface area (TPSA) is 56.7 Å². The SMILES string of the molecule is CCNC(=NCC(C)c1ccc(F)cc1F)NCCc1cccc(C(=O)N(C)C)c1.